The molecular weight excluding hydrogens is 518 g/mol. The second-order valence-corrected chi connectivity index (χ2v) is 9.33. The molecular formula is C29H43N3O8. The van der Waals surface area contributed by atoms with E-state index in [9.17, 15) is 19.2 Å². The lowest BCUT2D eigenvalue weighted by Gasteiger charge is -2.36. The van der Waals surface area contributed by atoms with Gasteiger partial charge in [0, 0.05) is 62.6 Å². The van der Waals surface area contributed by atoms with Crippen molar-refractivity contribution >= 4 is 29.7 Å². The summed E-state index contributed by atoms with van der Waals surface area (Å²) in [4.78, 5) is 48.3. The Bertz CT molecular complexity index is 916. The lowest BCUT2D eigenvalue weighted by atomic mass is 10.1. The van der Waals surface area contributed by atoms with E-state index in [1.807, 2.05) is 0 Å². The van der Waals surface area contributed by atoms with E-state index < -0.39 is 23.9 Å². The molecule has 0 amide bonds. The summed E-state index contributed by atoms with van der Waals surface area (Å²) in [7, 11) is 0. The van der Waals surface area contributed by atoms with E-state index in [1.54, 1.807) is 0 Å². The first kappa shape index (κ1) is 36.0. The summed E-state index contributed by atoms with van der Waals surface area (Å²) in [5, 5.41) is 31.2. The Labute approximate surface area is 236 Å². The molecule has 1 aliphatic heterocycles. The molecule has 0 aliphatic carbocycles. The summed E-state index contributed by atoms with van der Waals surface area (Å²) >= 11 is 0. The van der Waals surface area contributed by atoms with Gasteiger partial charge in [-0.2, -0.15) is 0 Å². The predicted molar refractivity (Wildman–Crippen MR) is 154 cm³/mol. The standard InChI is InChI=1S/C21H35N3.2C4H4O4/c1-4-5-6-10-13-23-14-16-24(17-15-23)21(22-18-19(2)3)20-11-8-7-9-12-20;2*5-3(6)1-2-4(7)8/h7-9,11-12,19H,4-6,10,13-18H2,1-3H3;2*1-2H,(H,5,6)(H,7,8)/b;2*2-1+. The third-order valence-electron chi connectivity index (χ3n) is 5.37. The summed E-state index contributed by atoms with van der Waals surface area (Å²) in [6.45, 7) is 13.4. The number of hydrogen-bond donors (Lipinski definition) is 4. The van der Waals surface area contributed by atoms with Crippen molar-refractivity contribution in [2.45, 2.75) is 46.5 Å². The number of nitrogens with zero attached hydrogens (tertiary/aromatic N) is 3. The third-order valence-corrected chi connectivity index (χ3v) is 5.37. The van der Waals surface area contributed by atoms with Gasteiger partial charge in [-0.25, -0.2) is 19.2 Å². The van der Waals surface area contributed by atoms with Crippen molar-refractivity contribution < 1.29 is 39.6 Å². The molecule has 11 heteroatoms. The molecule has 1 fully saturated rings. The maximum Gasteiger partial charge on any atom is 0.328 e. The summed E-state index contributed by atoms with van der Waals surface area (Å²) in [6.07, 6.45) is 7.65. The number of aliphatic imine (C=N–C) groups is 1. The molecule has 11 nitrogen and oxygen atoms in total. The van der Waals surface area contributed by atoms with E-state index in [4.69, 9.17) is 25.4 Å². The van der Waals surface area contributed by atoms with Crippen molar-refractivity contribution in [3.05, 3.63) is 60.2 Å². The highest BCUT2D eigenvalue weighted by atomic mass is 16.4. The molecule has 0 spiro atoms. The van der Waals surface area contributed by atoms with Crippen LogP contribution in [0.15, 0.2) is 59.6 Å². The number of unbranched alkanes of at least 4 members (excludes halogenated alkanes) is 3. The van der Waals surface area contributed by atoms with Crippen LogP contribution in [-0.4, -0.2) is 99.2 Å². The first-order valence-electron chi connectivity index (χ1n) is 13.3. The minimum atomic E-state index is -1.26. The Morgan fingerprint density at radius 3 is 1.65 bits per heavy atom. The molecule has 1 heterocycles. The molecule has 222 valence electrons. The lowest BCUT2D eigenvalue weighted by Crippen LogP contribution is -2.49. The monoisotopic (exact) mass is 561 g/mol. The number of carbonyl (C=O) groups is 4. The Hall–Kier alpha value is -3.99. The first-order valence-corrected chi connectivity index (χ1v) is 13.3. The zero-order chi connectivity index (χ0) is 30.3. The number of aliphatic carboxylic acids is 4. The van der Waals surface area contributed by atoms with Crippen LogP contribution in [0.25, 0.3) is 0 Å². The molecule has 40 heavy (non-hydrogen) atoms. The van der Waals surface area contributed by atoms with Gasteiger partial charge in [0.1, 0.15) is 5.84 Å². The molecule has 0 unspecified atom stereocenters. The normalized spacial score (nSPS) is 13.9. The van der Waals surface area contributed by atoms with E-state index in [-0.39, 0.29) is 0 Å². The van der Waals surface area contributed by atoms with Crippen LogP contribution in [0.5, 0.6) is 0 Å². The Morgan fingerprint density at radius 2 is 1.25 bits per heavy atom. The number of hydrogen-bond acceptors (Lipinski definition) is 6. The number of amidine groups is 1. The second kappa shape index (κ2) is 21.9. The van der Waals surface area contributed by atoms with Gasteiger partial charge in [-0.05, 0) is 18.9 Å². The maximum absolute atomic E-state index is 9.55. The molecule has 4 N–H and O–H groups in total. The van der Waals surface area contributed by atoms with Crippen molar-refractivity contribution in [1.29, 1.82) is 0 Å². The number of benzene rings is 1. The van der Waals surface area contributed by atoms with E-state index in [0.29, 0.717) is 30.2 Å². The van der Waals surface area contributed by atoms with Gasteiger partial charge in [-0.3, -0.25) is 9.89 Å². The quantitative estimate of drug-likeness (QED) is 0.128. The van der Waals surface area contributed by atoms with Crippen LogP contribution in [0.3, 0.4) is 0 Å². The average Bonchev–Trinajstić information content (AvgIpc) is 2.91. The molecule has 2 rings (SSSR count). The minimum absolute atomic E-state index is 0.558. The largest absolute Gasteiger partial charge is 0.478 e. The van der Waals surface area contributed by atoms with E-state index >= 15 is 0 Å². The molecule has 0 aromatic heterocycles. The summed E-state index contributed by atoms with van der Waals surface area (Å²) in [6, 6.07) is 10.7. The Kier molecular flexibility index (Phi) is 19.7. The second-order valence-electron chi connectivity index (χ2n) is 9.33. The summed E-state index contributed by atoms with van der Waals surface area (Å²) < 4.78 is 0. The van der Waals surface area contributed by atoms with Crippen LogP contribution in [0.4, 0.5) is 0 Å². The van der Waals surface area contributed by atoms with Crippen LogP contribution < -0.4 is 0 Å². The number of rotatable bonds is 12. The summed E-state index contributed by atoms with van der Waals surface area (Å²) in [5.74, 6) is -3.24. The molecule has 1 saturated heterocycles. The van der Waals surface area contributed by atoms with Gasteiger partial charge < -0.3 is 25.3 Å². The highest BCUT2D eigenvalue weighted by molar-refractivity contribution is 5.98. The molecule has 1 aromatic carbocycles. The van der Waals surface area contributed by atoms with Gasteiger partial charge in [-0.15, -0.1) is 0 Å². The van der Waals surface area contributed by atoms with Crippen LogP contribution in [0.1, 0.15) is 52.0 Å². The lowest BCUT2D eigenvalue weighted by molar-refractivity contribution is -0.134. The van der Waals surface area contributed by atoms with Gasteiger partial charge >= 0.3 is 23.9 Å². The van der Waals surface area contributed by atoms with Crippen LogP contribution >= 0.6 is 0 Å². The smallest absolute Gasteiger partial charge is 0.328 e. The average molecular weight is 562 g/mol. The van der Waals surface area contributed by atoms with E-state index in [1.165, 1.54) is 56.7 Å². The fourth-order valence-corrected chi connectivity index (χ4v) is 3.46. The zero-order valence-electron chi connectivity index (χ0n) is 23.6. The van der Waals surface area contributed by atoms with Crippen molar-refractivity contribution in [3.63, 3.8) is 0 Å². The van der Waals surface area contributed by atoms with Gasteiger partial charge in [0.15, 0.2) is 0 Å². The molecule has 1 aliphatic rings. The Morgan fingerprint density at radius 1 is 0.775 bits per heavy atom. The molecule has 1 aromatic rings. The van der Waals surface area contributed by atoms with Gasteiger partial charge in [-0.1, -0.05) is 70.4 Å². The van der Waals surface area contributed by atoms with Crippen LogP contribution in [0, 0.1) is 5.92 Å². The molecule has 0 bridgehead atoms. The van der Waals surface area contributed by atoms with Crippen molar-refractivity contribution in [3.8, 4) is 0 Å². The van der Waals surface area contributed by atoms with Gasteiger partial charge in [0.25, 0.3) is 0 Å². The van der Waals surface area contributed by atoms with E-state index in [2.05, 4.69) is 60.9 Å². The van der Waals surface area contributed by atoms with Crippen molar-refractivity contribution in [2.24, 2.45) is 10.9 Å². The maximum atomic E-state index is 9.55. The molecule has 0 saturated carbocycles. The fraction of sp³-hybridized carbons (Fsp3) is 0.483. The third kappa shape index (κ3) is 20.0. The zero-order valence-corrected chi connectivity index (χ0v) is 23.6. The topological polar surface area (TPSA) is 168 Å². The number of carboxylic acids is 4. The number of carboxylic acid groups (broad SMARTS) is 4. The van der Waals surface area contributed by atoms with Crippen LogP contribution in [0.2, 0.25) is 0 Å². The highest BCUT2D eigenvalue weighted by Crippen LogP contribution is 2.12. The van der Waals surface area contributed by atoms with Crippen LogP contribution in [-0.2, 0) is 19.2 Å². The predicted octanol–water partition coefficient (Wildman–Crippen LogP) is 3.71. The minimum Gasteiger partial charge on any atom is -0.478 e. The molecule has 0 atom stereocenters. The van der Waals surface area contributed by atoms with Gasteiger partial charge in [0.05, 0.1) is 0 Å². The molecule has 0 radical (unpaired) electrons. The SMILES string of the molecule is CCCCCCN1CCN(C(=NCC(C)C)c2ccccc2)CC1.O=C(O)/C=C/C(=O)O.O=C(O)/C=C/C(=O)O. The highest BCUT2D eigenvalue weighted by Gasteiger charge is 2.20. The van der Waals surface area contributed by atoms with E-state index in [0.717, 1.165) is 19.6 Å². The fourth-order valence-electron chi connectivity index (χ4n) is 3.46. The Balaban J connectivity index is 0.000000780. The first-order chi connectivity index (χ1) is 19.0. The van der Waals surface area contributed by atoms with Crippen molar-refractivity contribution in [1.82, 2.24) is 9.80 Å². The summed E-state index contributed by atoms with van der Waals surface area (Å²) in [5.41, 5.74) is 1.26. The number of piperazine rings is 1. The van der Waals surface area contributed by atoms with Gasteiger partial charge in [0.2, 0.25) is 0 Å². The van der Waals surface area contributed by atoms with Crippen molar-refractivity contribution in [2.75, 3.05) is 39.3 Å².